The highest BCUT2D eigenvalue weighted by molar-refractivity contribution is 6.00. The molecule has 0 heterocycles. The molecule has 178 valence electrons. The van der Waals surface area contributed by atoms with Crippen molar-refractivity contribution in [3.63, 3.8) is 0 Å². The summed E-state index contributed by atoms with van der Waals surface area (Å²) in [5, 5.41) is 0. The Morgan fingerprint density at radius 2 is 1.55 bits per heavy atom. The van der Waals surface area contributed by atoms with Gasteiger partial charge >= 0.3 is 0 Å². The van der Waals surface area contributed by atoms with Crippen LogP contribution in [0.25, 0.3) is 0 Å². The molecule has 1 aliphatic carbocycles. The number of nitrogens with zero attached hydrogens (tertiary/aromatic N) is 1. The van der Waals surface area contributed by atoms with Gasteiger partial charge in [0.25, 0.3) is 11.8 Å². The van der Waals surface area contributed by atoms with E-state index in [1.807, 2.05) is 17.0 Å². The smallest absolute Gasteiger partial charge is 0.261 e. The van der Waals surface area contributed by atoms with Crippen molar-refractivity contribution in [3.8, 4) is 23.0 Å². The maximum Gasteiger partial charge on any atom is 0.261 e. The number of ether oxygens (including phenoxy) is 4. The quantitative estimate of drug-likeness (QED) is 0.587. The molecule has 0 radical (unpaired) electrons. The molecule has 0 bridgehead atoms. The van der Waals surface area contributed by atoms with Crippen LogP contribution in [0.3, 0.4) is 0 Å². The van der Waals surface area contributed by atoms with Crippen LogP contribution in [-0.4, -0.2) is 50.7 Å². The summed E-state index contributed by atoms with van der Waals surface area (Å²) < 4.78 is 21.9. The Kier molecular flexibility index (Phi) is 8.40. The summed E-state index contributed by atoms with van der Waals surface area (Å²) in [4.78, 5) is 26.8. The summed E-state index contributed by atoms with van der Waals surface area (Å²) in [6, 6.07) is 10.9. The molecule has 33 heavy (non-hydrogen) atoms. The number of hydrogen-bond donors (Lipinski definition) is 1. The van der Waals surface area contributed by atoms with E-state index in [0.717, 1.165) is 31.2 Å². The Hall–Kier alpha value is -3.42. The molecule has 2 amide bonds. The molecular weight excluding hydrogens is 424 g/mol. The number of amides is 2. The molecule has 2 aromatic carbocycles. The van der Waals surface area contributed by atoms with Crippen molar-refractivity contribution in [3.05, 3.63) is 47.5 Å². The molecule has 0 aromatic heterocycles. The minimum atomic E-state index is -0.569. The van der Waals surface area contributed by atoms with Crippen molar-refractivity contribution >= 4 is 11.8 Å². The Morgan fingerprint density at radius 3 is 2.12 bits per heavy atom. The number of hydrogen-bond acceptors (Lipinski definition) is 6. The maximum absolute atomic E-state index is 13.9. The van der Waals surface area contributed by atoms with E-state index in [1.165, 1.54) is 13.5 Å². The summed E-state index contributed by atoms with van der Waals surface area (Å²) in [7, 11) is 4.62. The van der Waals surface area contributed by atoms with Gasteiger partial charge in [0.1, 0.15) is 17.1 Å². The van der Waals surface area contributed by atoms with Gasteiger partial charge in [-0.3, -0.25) is 9.59 Å². The maximum atomic E-state index is 13.9. The van der Waals surface area contributed by atoms with Crippen molar-refractivity contribution in [1.29, 1.82) is 0 Å². The Bertz CT molecular complexity index is 949. The molecule has 0 saturated heterocycles. The molecule has 1 fully saturated rings. The zero-order valence-electron chi connectivity index (χ0n) is 19.5. The predicted octanol–water partition coefficient (Wildman–Crippen LogP) is 3.55. The number of carbonyl (C=O) groups excluding carboxylic acids is 2. The van der Waals surface area contributed by atoms with Crippen LogP contribution < -0.4 is 24.7 Å². The first-order valence-corrected chi connectivity index (χ1v) is 11.1. The normalized spacial score (nSPS) is 13.8. The number of nitrogens with two attached hydrogens (primary N) is 1. The molecule has 1 saturated carbocycles. The first-order chi connectivity index (χ1) is 16.0. The lowest BCUT2D eigenvalue weighted by Gasteiger charge is -2.35. The lowest BCUT2D eigenvalue weighted by atomic mass is 9.93. The molecule has 0 spiro atoms. The number of rotatable bonds is 10. The second-order valence-corrected chi connectivity index (χ2v) is 8.00. The summed E-state index contributed by atoms with van der Waals surface area (Å²) in [5.74, 6) is 1.15. The van der Waals surface area contributed by atoms with Gasteiger partial charge in [-0.25, -0.2) is 0 Å². The molecule has 0 unspecified atom stereocenters. The first kappa shape index (κ1) is 24.2. The van der Waals surface area contributed by atoms with Crippen LogP contribution in [0.15, 0.2) is 36.4 Å². The van der Waals surface area contributed by atoms with Gasteiger partial charge in [0.05, 0.1) is 21.3 Å². The number of methoxy groups -OCH3 is 3. The van der Waals surface area contributed by atoms with Crippen LogP contribution >= 0.6 is 0 Å². The van der Waals surface area contributed by atoms with Gasteiger partial charge in [-0.1, -0.05) is 31.4 Å². The third kappa shape index (κ3) is 5.88. The highest BCUT2D eigenvalue weighted by Gasteiger charge is 2.30. The fourth-order valence-electron chi connectivity index (χ4n) is 4.24. The number of benzene rings is 2. The summed E-state index contributed by atoms with van der Waals surface area (Å²) in [5.41, 5.74) is 6.48. The molecule has 0 atom stereocenters. The van der Waals surface area contributed by atoms with Gasteiger partial charge in [0.2, 0.25) is 0 Å². The Labute approximate surface area is 194 Å². The first-order valence-electron chi connectivity index (χ1n) is 11.1. The molecule has 8 nitrogen and oxygen atoms in total. The lowest BCUT2D eigenvalue weighted by Crippen LogP contribution is -2.41. The minimum absolute atomic E-state index is 0.109. The van der Waals surface area contributed by atoms with E-state index < -0.39 is 5.91 Å². The zero-order valence-corrected chi connectivity index (χ0v) is 19.5. The summed E-state index contributed by atoms with van der Waals surface area (Å²) in [6.45, 7) is 0.146. The minimum Gasteiger partial charge on any atom is -0.496 e. The van der Waals surface area contributed by atoms with Gasteiger partial charge in [-0.05, 0) is 42.7 Å². The van der Waals surface area contributed by atoms with Crippen molar-refractivity contribution < 1.29 is 28.5 Å². The van der Waals surface area contributed by atoms with Crippen LogP contribution in [0.2, 0.25) is 0 Å². The van der Waals surface area contributed by atoms with Crippen LogP contribution in [0.5, 0.6) is 23.0 Å². The second-order valence-electron chi connectivity index (χ2n) is 8.00. The largest absolute Gasteiger partial charge is 0.496 e. The van der Waals surface area contributed by atoms with E-state index in [9.17, 15) is 9.59 Å². The van der Waals surface area contributed by atoms with Crippen molar-refractivity contribution in [2.24, 2.45) is 5.73 Å². The molecule has 2 N–H and O–H groups in total. The SMILES string of the molecule is COc1cc(CN(C(=O)c2c(OC)cccc2OC)C2CCCCC2)ccc1OCC(N)=O. The molecule has 8 heteroatoms. The highest BCUT2D eigenvalue weighted by atomic mass is 16.5. The van der Waals surface area contributed by atoms with Crippen molar-refractivity contribution in [1.82, 2.24) is 4.90 Å². The van der Waals surface area contributed by atoms with E-state index in [4.69, 9.17) is 24.7 Å². The number of carbonyl (C=O) groups is 2. The van der Waals surface area contributed by atoms with Gasteiger partial charge in [0.15, 0.2) is 18.1 Å². The molecule has 0 aliphatic heterocycles. The monoisotopic (exact) mass is 456 g/mol. The lowest BCUT2D eigenvalue weighted by molar-refractivity contribution is -0.119. The third-order valence-corrected chi connectivity index (χ3v) is 5.87. The average Bonchev–Trinajstić information content (AvgIpc) is 2.85. The van der Waals surface area contributed by atoms with Gasteiger partial charge in [0, 0.05) is 12.6 Å². The van der Waals surface area contributed by atoms with Crippen LogP contribution in [0.1, 0.15) is 48.0 Å². The third-order valence-electron chi connectivity index (χ3n) is 5.87. The van der Waals surface area contributed by atoms with Crippen LogP contribution in [0.4, 0.5) is 0 Å². The van der Waals surface area contributed by atoms with E-state index in [-0.39, 0.29) is 18.6 Å². The van der Waals surface area contributed by atoms with Crippen molar-refractivity contribution in [2.45, 2.75) is 44.7 Å². The molecular formula is C25H32N2O6. The van der Waals surface area contributed by atoms with Gasteiger partial charge in [-0.2, -0.15) is 0 Å². The van der Waals surface area contributed by atoms with E-state index in [1.54, 1.807) is 38.5 Å². The fourth-order valence-corrected chi connectivity index (χ4v) is 4.24. The van der Waals surface area contributed by atoms with E-state index in [2.05, 4.69) is 0 Å². The van der Waals surface area contributed by atoms with E-state index in [0.29, 0.717) is 35.1 Å². The van der Waals surface area contributed by atoms with Crippen LogP contribution in [-0.2, 0) is 11.3 Å². The van der Waals surface area contributed by atoms with Crippen molar-refractivity contribution in [2.75, 3.05) is 27.9 Å². The fraction of sp³-hybridized carbons (Fsp3) is 0.440. The highest BCUT2D eigenvalue weighted by Crippen LogP contribution is 2.34. The van der Waals surface area contributed by atoms with Gasteiger partial charge < -0.3 is 29.6 Å². The zero-order chi connectivity index (χ0) is 23.8. The topological polar surface area (TPSA) is 100 Å². The summed E-state index contributed by atoms with van der Waals surface area (Å²) >= 11 is 0. The van der Waals surface area contributed by atoms with Crippen LogP contribution in [0, 0.1) is 0 Å². The number of primary amides is 1. The molecule has 3 rings (SSSR count). The second kappa shape index (κ2) is 11.4. The van der Waals surface area contributed by atoms with E-state index >= 15 is 0 Å². The Morgan fingerprint density at radius 1 is 0.909 bits per heavy atom. The predicted molar refractivity (Wildman–Crippen MR) is 124 cm³/mol. The molecule has 2 aromatic rings. The summed E-state index contributed by atoms with van der Waals surface area (Å²) in [6.07, 6.45) is 5.23. The van der Waals surface area contributed by atoms with Gasteiger partial charge in [-0.15, -0.1) is 0 Å². The standard InChI is InChI=1S/C25H32N2O6/c1-30-20-10-7-11-21(31-2)24(20)25(29)27(18-8-5-4-6-9-18)15-17-12-13-19(22(14-17)32-3)33-16-23(26)28/h7,10-14,18H,4-6,8-9,15-16H2,1-3H3,(H2,26,28). The average molecular weight is 457 g/mol. The molecule has 1 aliphatic rings. The Balaban J connectivity index is 1.94.